The van der Waals surface area contributed by atoms with Gasteiger partial charge in [-0.05, 0) is 56.8 Å². The van der Waals surface area contributed by atoms with Crippen LogP contribution in [0.1, 0.15) is 71.1 Å². The fraction of sp³-hybridized carbons (Fsp3) is 0.941. The van der Waals surface area contributed by atoms with Gasteiger partial charge >= 0.3 is 0 Å². The highest BCUT2D eigenvalue weighted by Gasteiger charge is 2.44. The highest BCUT2D eigenvalue weighted by atomic mass is 16.2. The van der Waals surface area contributed by atoms with Gasteiger partial charge in [0.15, 0.2) is 0 Å². The van der Waals surface area contributed by atoms with Crippen molar-refractivity contribution in [2.24, 2.45) is 23.0 Å². The van der Waals surface area contributed by atoms with Gasteiger partial charge in [0.05, 0.1) is 0 Å². The minimum Gasteiger partial charge on any atom is -0.352 e. The molecule has 0 aromatic heterocycles. The van der Waals surface area contributed by atoms with E-state index < -0.39 is 0 Å². The molecule has 0 radical (unpaired) electrons. The molecular formula is C17H30N2O. The molecule has 0 spiro atoms. The number of rotatable bonds is 3. The zero-order valence-electron chi connectivity index (χ0n) is 12.9. The third-order valence-corrected chi connectivity index (χ3v) is 6.39. The van der Waals surface area contributed by atoms with Gasteiger partial charge in [0.2, 0.25) is 5.91 Å². The van der Waals surface area contributed by atoms with Crippen molar-refractivity contribution in [3.05, 3.63) is 0 Å². The van der Waals surface area contributed by atoms with Gasteiger partial charge in [-0.3, -0.25) is 4.79 Å². The van der Waals surface area contributed by atoms with Gasteiger partial charge in [0, 0.05) is 17.5 Å². The Morgan fingerprint density at radius 1 is 1.15 bits per heavy atom. The summed E-state index contributed by atoms with van der Waals surface area (Å²) in [5.74, 6) is 1.63. The van der Waals surface area contributed by atoms with Crippen molar-refractivity contribution in [3.63, 3.8) is 0 Å². The number of hydrogen-bond donors (Lipinski definition) is 2. The van der Waals surface area contributed by atoms with E-state index in [2.05, 4.69) is 12.2 Å². The Bertz CT molecular complexity index is 348. The number of carbonyl (C=O) groups excluding carboxylic acids is 1. The van der Waals surface area contributed by atoms with E-state index in [1.54, 1.807) is 0 Å². The molecule has 2 bridgehead atoms. The molecule has 0 aromatic rings. The van der Waals surface area contributed by atoms with Crippen LogP contribution in [0.3, 0.4) is 0 Å². The molecule has 20 heavy (non-hydrogen) atoms. The first-order valence-corrected chi connectivity index (χ1v) is 8.71. The van der Waals surface area contributed by atoms with E-state index in [1.807, 2.05) is 0 Å². The van der Waals surface area contributed by atoms with Gasteiger partial charge in [0.1, 0.15) is 0 Å². The molecule has 0 saturated heterocycles. The first-order valence-electron chi connectivity index (χ1n) is 8.71. The van der Waals surface area contributed by atoms with E-state index >= 15 is 0 Å². The van der Waals surface area contributed by atoms with Crippen molar-refractivity contribution in [1.82, 2.24) is 5.32 Å². The maximum absolute atomic E-state index is 12.8. The van der Waals surface area contributed by atoms with Crippen LogP contribution in [0.15, 0.2) is 0 Å². The number of hydrogen-bond acceptors (Lipinski definition) is 2. The molecule has 3 aliphatic carbocycles. The first kappa shape index (κ1) is 14.4. The lowest BCUT2D eigenvalue weighted by atomic mass is 9.66. The topological polar surface area (TPSA) is 55.1 Å². The molecule has 3 N–H and O–H groups in total. The number of nitrogens with two attached hydrogens (primary N) is 1. The molecule has 114 valence electrons. The second-order valence-electron chi connectivity index (χ2n) is 7.52. The van der Waals surface area contributed by atoms with Crippen molar-refractivity contribution in [1.29, 1.82) is 0 Å². The van der Waals surface area contributed by atoms with E-state index in [1.165, 1.54) is 32.1 Å². The van der Waals surface area contributed by atoms with Crippen LogP contribution >= 0.6 is 0 Å². The van der Waals surface area contributed by atoms with Crippen molar-refractivity contribution < 1.29 is 4.79 Å². The molecule has 3 fully saturated rings. The molecule has 3 aliphatic rings. The van der Waals surface area contributed by atoms with Crippen LogP contribution in [0, 0.1) is 17.3 Å². The Hall–Kier alpha value is -0.570. The van der Waals surface area contributed by atoms with E-state index in [9.17, 15) is 4.79 Å². The molecule has 3 saturated carbocycles. The number of nitrogens with one attached hydrogen (secondary N) is 1. The average molecular weight is 278 g/mol. The maximum Gasteiger partial charge on any atom is 0.226 e. The Morgan fingerprint density at radius 3 is 2.30 bits per heavy atom. The summed E-state index contributed by atoms with van der Waals surface area (Å²) in [6.45, 7) is 2.18. The van der Waals surface area contributed by atoms with E-state index in [4.69, 9.17) is 5.73 Å². The Labute approximate surface area is 123 Å². The monoisotopic (exact) mass is 278 g/mol. The molecule has 0 aliphatic heterocycles. The molecule has 1 amide bonds. The molecule has 2 atom stereocenters. The fourth-order valence-corrected chi connectivity index (χ4v) is 5.12. The van der Waals surface area contributed by atoms with E-state index in [-0.39, 0.29) is 5.41 Å². The predicted molar refractivity (Wildman–Crippen MR) is 81.2 cm³/mol. The highest BCUT2D eigenvalue weighted by molar-refractivity contribution is 5.83. The van der Waals surface area contributed by atoms with Gasteiger partial charge < -0.3 is 11.1 Å². The Morgan fingerprint density at radius 2 is 1.75 bits per heavy atom. The van der Waals surface area contributed by atoms with Crippen LogP contribution in [0.25, 0.3) is 0 Å². The number of fused-ring (bicyclic) bond motifs is 2. The first-order chi connectivity index (χ1) is 9.64. The number of amides is 1. The summed E-state index contributed by atoms with van der Waals surface area (Å²) < 4.78 is 0. The lowest BCUT2D eigenvalue weighted by molar-refractivity contribution is -0.133. The summed E-state index contributed by atoms with van der Waals surface area (Å²) in [4.78, 5) is 12.8. The number of carbonyl (C=O) groups is 1. The normalized spacial score (nSPS) is 39.5. The molecule has 0 aromatic carbocycles. The van der Waals surface area contributed by atoms with E-state index in [0.29, 0.717) is 29.8 Å². The zero-order chi connectivity index (χ0) is 14.2. The van der Waals surface area contributed by atoms with Crippen molar-refractivity contribution in [3.8, 4) is 0 Å². The fourth-order valence-electron chi connectivity index (χ4n) is 5.12. The average Bonchev–Trinajstić information content (AvgIpc) is 2.90. The second-order valence-corrected chi connectivity index (χ2v) is 7.52. The summed E-state index contributed by atoms with van der Waals surface area (Å²) in [5.41, 5.74) is 6.13. The third-order valence-electron chi connectivity index (χ3n) is 6.39. The van der Waals surface area contributed by atoms with Crippen molar-refractivity contribution in [2.75, 3.05) is 0 Å². The molecule has 3 rings (SSSR count). The van der Waals surface area contributed by atoms with Crippen molar-refractivity contribution in [2.45, 2.75) is 83.2 Å². The van der Waals surface area contributed by atoms with Crippen molar-refractivity contribution >= 4 is 5.91 Å². The second kappa shape index (κ2) is 5.67. The lowest BCUT2D eigenvalue weighted by Crippen LogP contribution is -2.56. The van der Waals surface area contributed by atoms with E-state index in [0.717, 1.165) is 32.1 Å². The van der Waals surface area contributed by atoms with Crippen LogP contribution in [0.2, 0.25) is 0 Å². The Kier molecular flexibility index (Phi) is 4.07. The molecule has 3 nitrogen and oxygen atoms in total. The van der Waals surface area contributed by atoms with Gasteiger partial charge in [-0.1, -0.05) is 26.2 Å². The minimum atomic E-state index is -0.0478. The quantitative estimate of drug-likeness (QED) is 0.834. The van der Waals surface area contributed by atoms with Crippen LogP contribution < -0.4 is 11.1 Å². The van der Waals surface area contributed by atoms with Gasteiger partial charge in [-0.15, -0.1) is 0 Å². The summed E-state index contributed by atoms with van der Waals surface area (Å²) in [5, 5.41) is 3.48. The molecule has 0 heterocycles. The van der Waals surface area contributed by atoms with Crippen LogP contribution in [0.4, 0.5) is 0 Å². The summed E-state index contributed by atoms with van der Waals surface area (Å²) in [6.07, 6.45) is 11.7. The maximum atomic E-state index is 12.8. The summed E-state index contributed by atoms with van der Waals surface area (Å²) >= 11 is 0. The van der Waals surface area contributed by atoms with Crippen LogP contribution in [-0.4, -0.2) is 18.0 Å². The zero-order valence-corrected chi connectivity index (χ0v) is 12.9. The van der Waals surface area contributed by atoms with Gasteiger partial charge in [-0.25, -0.2) is 0 Å². The van der Waals surface area contributed by atoms with Gasteiger partial charge in [0.25, 0.3) is 0 Å². The molecule has 2 unspecified atom stereocenters. The van der Waals surface area contributed by atoms with Gasteiger partial charge in [-0.2, -0.15) is 0 Å². The lowest BCUT2D eigenvalue weighted by Gasteiger charge is -2.46. The smallest absolute Gasteiger partial charge is 0.226 e. The summed E-state index contributed by atoms with van der Waals surface area (Å²) in [7, 11) is 0. The highest BCUT2D eigenvalue weighted by Crippen LogP contribution is 2.43. The SMILES string of the molecule is CCC1(C(=O)NC2C3CCCC2CC(N)C3)CCCC1. The molecular weight excluding hydrogens is 248 g/mol. The minimum absolute atomic E-state index is 0.0478. The Balaban J connectivity index is 1.69. The predicted octanol–water partition coefficient (Wildman–Crippen LogP) is 2.98. The largest absolute Gasteiger partial charge is 0.352 e. The van der Waals surface area contributed by atoms with Crippen LogP contribution in [-0.2, 0) is 4.79 Å². The van der Waals surface area contributed by atoms with Crippen LogP contribution in [0.5, 0.6) is 0 Å². The standard InChI is InChI=1S/C17H30N2O/c1-2-17(8-3-4-9-17)16(20)19-15-12-6-5-7-13(15)11-14(18)10-12/h12-15H,2-11,18H2,1H3,(H,19,20). The summed E-state index contributed by atoms with van der Waals surface area (Å²) in [6, 6.07) is 0.783. The third kappa shape index (κ3) is 2.49. The molecule has 3 heteroatoms.